The number of ether oxygens (including phenoxy) is 1. The highest BCUT2D eigenvalue weighted by atomic mass is 16.5. The van der Waals surface area contributed by atoms with E-state index in [1.165, 1.54) is 12.8 Å². The van der Waals surface area contributed by atoms with Gasteiger partial charge in [-0.2, -0.15) is 0 Å². The Kier molecular flexibility index (Phi) is 5.69. The summed E-state index contributed by atoms with van der Waals surface area (Å²) in [5.41, 5.74) is 3.40. The normalized spacial score (nSPS) is 15.8. The molecule has 6 nitrogen and oxygen atoms in total. The van der Waals surface area contributed by atoms with Gasteiger partial charge in [-0.15, -0.1) is 0 Å². The van der Waals surface area contributed by atoms with Gasteiger partial charge in [-0.25, -0.2) is 4.79 Å². The van der Waals surface area contributed by atoms with Crippen molar-refractivity contribution in [3.8, 4) is 5.75 Å². The lowest BCUT2D eigenvalue weighted by Crippen LogP contribution is -2.43. The molecule has 6 heteroatoms. The summed E-state index contributed by atoms with van der Waals surface area (Å²) in [5.74, 6) is 0.643. The molecule has 29 heavy (non-hydrogen) atoms. The third kappa shape index (κ3) is 4.21. The fraction of sp³-hybridized carbons (Fsp3) is 0.391. The number of urea groups is 1. The molecule has 0 radical (unpaired) electrons. The molecule has 1 aliphatic carbocycles. The molecule has 0 saturated heterocycles. The number of benzene rings is 2. The number of nitrogens with zero attached hydrogens (tertiary/aromatic N) is 1. The Bertz CT molecular complexity index is 906. The van der Waals surface area contributed by atoms with Crippen LogP contribution in [0, 0.1) is 0 Å². The van der Waals surface area contributed by atoms with Crippen LogP contribution in [-0.2, 0) is 13.0 Å². The predicted octanol–water partition coefficient (Wildman–Crippen LogP) is 3.64. The van der Waals surface area contributed by atoms with E-state index >= 15 is 0 Å². The van der Waals surface area contributed by atoms with E-state index in [0.717, 1.165) is 35.4 Å². The van der Waals surface area contributed by atoms with Gasteiger partial charge in [-0.1, -0.05) is 31.0 Å². The van der Waals surface area contributed by atoms with Crippen LogP contribution in [0.5, 0.6) is 5.75 Å². The summed E-state index contributed by atoms with van der Waals surface area (Å²) in [6.45, 7) is 1.03. The maximum Gasteiger partial charge on any atom is 0.322 e. The second-order valence-corrected chi connectivity index (χ2v) is 7.67. The van der Waals surface area contributed by atoms with E-state index < -0.39 is 0 Å². The molecule has 152 valence electrons. The molecule has 3 amide bonds. The maximum absolute atomic E-state index is 12.8. The van der Waals surface area contributed by atoms with Crippen molar-refractivity contribution in [1.29, 1.82) is 0 Å². The van der Waals surface area contributed by atoms with Crippen molar-refractivity contribution < 1.29 is 14.3 Å². The average Bonchev–Trinajstić information content (AvgIpc) is 3.41. The molecule has 1 heterocycles. The first kappa shape index (κ1) is 19.3. The second kappa shape index (κ2) is 8.55. The SMILES string of the molecule is COc1cccc(CNC(=O)c2cccc3c2CCN3C(=O)NC2CCCC2)c1. The summed E-state index contributed by atoms with van der Waals surface area (Å²) in [5, 5.41) is 6.13. The number of amides is 3. The number of carbonyl (C=O) groups excluding carboxylic acids is 2. The highest BCUT2D eigenvalue weighted by molar-refractivity contribution is 6.01. The summed E-state index contributed by atoms with van der Waals surface area (Å²) in [4.78, 5) is 27.3. The highest BCUT2D eigenvalue weighted by Gasteiger charge is 2.29. The van der Waals surface area contributed by atoms with Gasteiger partial charge in [-0.3, -0.25) is 9.69 Å². The molecule has 0 unspecified atom stereocenters. The summed E-state index contributed by atoms with van der Waals surface area (Å²) in [7, 11) is 1.62. The van der Waals surface area contributed by atoms with Crippen molar-refractivity contribution in [3.63, 3.8) is 0 Å². The van der Waals surface area contributed by atoms with Crippen molar-refractivity contribution in [1.82, 2.24) is 10.6 Å². The zero-order valence-corrected chi connectivity index (χ0v) is 16.7. The van der Waals surface area contributed by atoms with Gasteiger partial charge in [0.15, 0.2) is 0 Å². The Labute approximate surface area is 171 Å². The molecule has 1 saturated carbocycles. The van der Waals surface area contributed by atoms with Crippen LogP contribution in [0.2, 0.25) is 0 Å². The monoisotopic (exact) mass is 393 g/mol. The lowest BCUT2D eigenvalue weighted by Gasteiger charge is -2.21. The number of hydrogen-bond donors (Lipinski definition) is 2. The summed E-state index contributed by atoms with van der Waals surface area (Å²) in [6.07, 6.45) is 5.16. The molecule has 2 N–H and O–H groups in total. The van der Waals surface area contributed by atoms with Gasteiger partial charge >= 0.3 is 6.03 Å². The van der Waals surface area contributed by atoms with Crippen molar-refractivity contribution in [2.45, 2.75) is 44.7 Å². The smallest absolute Gasteiger partial charge is 0.322 e. The van der Waals surface area contributed by atoms with Crippen molar-refractivity contribution in [2.24, 2.45) is 0 Å². The van der Waals surface area contributed by atoms with Crippen LogP contribution < -0.4 is 20.3 Å². The van der Waals surface area contributed by atoms with E-state index in [1.54, 1.807) is 12.0 Å². The van der Waals surface area contributed by atoms with Crippen LogP contribution in [0.25, 0.3) is 0 Å². The minimum Gasteiger partial charge on any atom is -0.497 e. The van der Waals surface area contributed by atoms with E-state index in [1.807, 2.05) is 42.5 Å². The molecule has 1 fully saturated rings. The van der Waals surface area contributed by atoms with Gasteiger partial charge in [0.25, 0.3) is 5.91 Å². The molecule has 4 rings (SSSR count). The first-order valence-electron chi connectivity index (χ1n) is 10.3. The van der Waals surface area contributed by atoms with Crippen LogP contribution >= 0.6 is 0 Å². The van der Waals surface area contributed by atoms with Crippen LogP contribution in [-0.4, -0.2) is 31.6 Å². The van der Waals surface area contributed by atoms with Gasteiger partial charge in [0, 0.05) is 30.4 Å². The van der Waals surface area contributed by atoms with Crippen LogP contribution in [0.15, 0.2) is 42.5 Å². The van der Waals surface area contributed by atoms with Crippen molar-refractivity contribution >= 4 is 17.6 Å². The van der Waals surface area contributed by atoms with E-state index in [2.05, 4.69) is 10.6 Å². The second-order valence-electron chi connectivity index (χ2n) is 7.67. The van der Waals surface area contributed by atoms with Crippen LogP contribution in [0.1, 0.15) is 47.2 Å². The van der Waals surface area contributed by atoms with Gasteiger partial charge in [-0.05, 0) is 54.7 Å². The average molecular weight is 393 g/mol. The Hall–Kier alpha value is -3.02. The molecular formula is C23H27N3O3. The maximum atomic E-state index is 12.8. The van der Waals surface area contributed by atoms with Crippen LogP contribution in [0.3, 0.4) is 0 Å². The molecule has 0 bridgehead atoms. The van der Waals surface area contributed by atoms with E-state index in [-0.39, 0.29) is 18.0 Å². The summed E-state index contributed by atoms with van der Waals surface area (Å²) < 4.78 is 5.23. The van der Waals surface area contributed by atoms with E-state index in [4.69, 9.17) is 4.74 Å². The number of methoxy groups -OCH3 is 1. The number of rotatable bonds is 5. The molecular weight excluding hydrogens is 366 g/mol. The molecule has 1 aliphatic heterocycles. The zero-order chi connectivity index (χ0) is 20.2. The fourth-order valence-electron chi connectivity index (χ4n) is 4.24. The summed E-state index contributed by atoms with van der Waals surface area (Å²) >= 11 is 0. The van der Waals surface area contributed by atoms with Gasteiger partial charge in [0.05, 0.1) is 7.11 Å². The van der Waals surface area contributed by atoms with E-state index in [9.17, 15) is 9.59 Å². The molecule has 0 aromatic heterocycles. The molecule has 2 aromatic rings. The number of anilines is 1. The van der Waals surface area contributed by atoms with Crippen molar-refractivity contribution in [3.05, 3.63) is 59.2 Å². The third-order valence-corrected chi connectivity index (χ3v) is 5.79. The molecule has 0 spiro atoms. The Morgan fingerprint density at radius 3 is 2.72 bits per heavy atom. The Balaban J connectivity index is 1.44. The number of hydrogen-bond acceptors (Lipinski definition) is 3. The number of carbonyl (C=O) groups is 2. The van der Waals surface area contributed by atoms with Gasteiger partial charge < -0.3 is 15.4 Å². The number of nitrogens with one attached hydrogen (secondary N) is 2. The van der Waals surface area contributed by atoms with Crippen molar-refractivity contribution in [2.75, 3.05) is 18.6 Å². The van der Waals surface area contributed by atoms with Crippen LogP contribution in [0.4, 0.5) is 10.5 Å². The highest BCUT2D eigenvalue weighted by Crippen LogP contribution is 2.31. The standard InChI is InChI=1S/C23H27N3O3/c1-29-18-9-4-6-16(14-18)15-24-22(27)20-10-5-11-21-19(20)12-13-26(21)23(28)25-17-7-2-3-8-17/h4-6,9-11,14,17H,2-3,7-8,12-13,15H2,1H3,(H,24,27)(H,25,28). The Morgan fingerprint density at radius 2 is 1.93 bits per heavy atom. The quantitative estimate of drug-likeness (QED) is 0.815. The zero-order valence-electron chi connectivity index (χ0n) is 16.7. The lowest BCUT2D eigenvalue weighted by molar-refractivity contribution is 0.0950. The molecule has 2 aliphatic rings. The first-order valence-corrected chi connectivity index (χ1v) is 10.3. The minimum absolute atomic E-state index is 0.0513. The predicted molar refractivity (Wildman–Crippen MR) is 112 cm³/mol. The largest absolute Gasteiger partial charge is 0.497 e. The molecule has 2 aromatic carbocycles. The minimum atomic E-state index is -0.122. The third-order valence-electron chi connectivity index (χ3n) is 5.79. The first-order chi connectivity index (χ1) is 14.2. The summed E-state index contributed by atoms with van der Waals surface area (Å²) in [6, 6.07) is 13.5. The lowest BCUT2D eigenvalue weighted by atomic mass is 10.0. The molecule has 0 atom stereocenters. The fourth-order valence-corrected chi connectivity index (χ4v) is 4.24. The van der Waals surface area contributed by atoms with E-state index in [0.29, 0.717) is 25.1 Å². The van der Waals surface area contributed by atoms with Gasteiger partial charge in [0.1, 0.15) is 5.75 Å². The number of fused-ring (bicyclic) bond motifs is 1. The Morgan fingerprint density at radius 1 is 1.14 bits per heavy atom. The topological polar surface area (TPSA) is 70.7 Å². The van der Waals surface area contributed by atoms with Gasteiger partial charge in [0.2, 0.25) is 0 Å².